The molecule has 0 saturated carbocycles. The average molecular weight is 410 g/mol. The van der Waals surface area contributed by atoms with Crippen LogP contribution in [0.1, 0.15) is 33.6 Å². The summed E-state index contributed by atoms with van der Waals surface area (Å²) in [5.41, 5.74) is 0.916. The van der Waals surface area contributed by atoms with Gasteiger partial charge in [-0.15, -0.1) is 5.10 Å². The second-order valence-corrected chi connectivity index (χ2v) is 9.00. The van der Waals surface area contributed by atoms with Crippen LogP contribution in [-0.2, 0) is 14.8 Å². The summed E-state index contributed by atoms with van der Waals surface area (Å²) in [6.45, 7) is 7.88. The third-order valence-electron chi connectivity index (χ3n) is 5.07. The molecular weight excluding hydrogens is 382 g/mol. The molecule has 10 heteroatoms. The van der Waals surface area contributed by atoms with Crippen molar-refractivity contribution in [2.24, 2.45) is 5.92 Å². The molecule has 0 unspecified atom stereocenters. The first-order chi connectivity index (χ1) is 13.4. The second-order valence-electron chi connectivity index (χ2n) is 7.06. The van der Waals surface area contributed by atoms with Crippen LogP contribution in [0.15, 0.2) is 23.1 Å². The minimum atomic E-state index is -3.60. The van der Waals surface area contributed by atoms with Crippen LogP contribution in [0.25, 0.3) is 11.0 Å². The quantitative estimate of drug-likeness (QED) is 0.680. The molecule has 154 valence electrons. The van der Waals surface area contributed by atoms with Crippen LogP contribution >= 0.6 is 0 Å². The van der Waals surface area contributed by atoms with Crippen molar-refractivity contribution in [2.45, 2.75) is 38.5 Å². The summed E-state index contributed by atoms with van der Waals surface area (Å²) in [6.07, 6.45) is 1.90. The van der Waals surface area contributed by atoms with E-state index in [4.69, 9.17) is 4.84 Å². The Labute approximate surface area is 165 Å². The van der Waals surface area contributed by atoms with Gasteiger partial charge in [-0.3, -0.25) is 4.79 Å². The van der Waals surface area contributed by atoms with Crippen LogP contribution in [0.3, 0.4) is 0 Å². The van der Waals surface area contributed by atoms with Crippen LogP contribution in [0.2, 0.25) is 0 Å². The number of benzene rings is 1. The molecule has 0 bridgehead atoms. The van der Waals surface area contributed by atoms with E-state index in [0.717, 1.165) is 17.7 Å². The number of nitrogens with zero attached hydrogens (tertiary/aromatic N) is 5. The molecular formula is C18H27N5O4S. The number of carbonyl (C=O) groups is 1. The number of carbonyl (C=O) groups excluding carboxylic acids is 1. The van der Waals surface area contributed by atoms with Gasteiger partial charge in [-0.05, 0) is 56.0 Å². The Bertz CT molecular complexity index is 939. The standard InChI is InChI=1S/C18H27N5O4S/c1-4-21(5-2)18(24)13-27-23-17-11-15(8-9-16(17)19-20-23)28(25,26)22-10-6-7-14(3)12-22/h8-9,11,14H,4-7,10,12-13H2,1-3H3/t14-/m0/s1. The first kappa shape index (κ1) is 20.5. The molecule has 1 atom stereocenters. The summed E-state index contributed by atoms with van der Waals surface area (Å²) < 4.78 is 27.6. The molecule has 2 heterocycles. The van der Waals surface area contributed by atoms with Crippen LogP contribution < -0.4 is 4.84 Å². The van der Waals surface area contributed by atoms with E-state index in [1.54, 1.807) is 11.0 Å². The zero-order chi connectivity index (χ0) is 20.3. The lowest BCUT2D eigenvalue weighted by Crippen LogP contribution is -2.39. The summed E-state index contributed by atoms with van der Waals surface area (Å²) in [5.74, 6) is 0.175. The smallest absolute Gasteiger partial charge is 0.263 e. The van der Waals surface area contributed by atoms with Gasteiger partial charge in [-0.1, -0.05) is 11.8 Å². The first-order valence-electron chi connectivity index (χ1n) is 9.63. The highest BCUT2D eigenvalue weighted by molar-refractivity contribution is 7.89. The van der Waals surface area contributed by atoms with Gasteiger partial charge in [0.05, 0.1) is 4.90 Å². The van der Waals surface area contributed by atoms with E-state index in [1.165, 1.54) is 16.4 Å². The fourth-order valence-electron chi connectivity index (χ4n) is 3.43. The molecule has 28 heavy (non-hydrogen) atoms. The van der Waals surface area contributed by atoms with Crippen molar-refractivity contribution < 1.29 is 18.0 Å². The Hall–Kier alpha value is -2.20. The zero-order valence-corrected chi connectivity index (χ0v) is 17.4. The minimum absolute atomic E-state index is 0.167. The Balaban J connectivity index is 1.83. The number of likely N-dealkylation sites (N-methyl/N-ethyl adjacent to an activating group) is 1. The van der Waals surface area contributed by atoms with Crippen molar-refractivity contribution in [3.05, 3.63) is 18.2 Å². The molecule has 1 fully saturated rings. The van der Waals surface area contributed by atoms with Gasteiger partial charge in [0.2, 0.25) is 10.0 Å². The maximum Gasteiger partial charge on any atom is 0.263 e. The van der Waals surface area contributed by atoms with Crippen LogP contribution in [0, 0.1) is 5.92 Å². The third-order valence-corrected chi connectivity index (χ3v) is 6.93. The molecule has 3 rings (SSSR count). The molecule has 2 aromatic rings. The van der Waals surface area contributed by atoms with Crippen LogP contribution in [0.4, 0.5) is 0 Å². The zero-order valence-electron chi connectivity index (χ0n) is 16.5. The van der Waals surface area contributed by atoms with E-state index in [1.807, 2.05) is 13.8 Å². The Morgan fingerprint density at radius 3 is 2.75 bits per heavy atom. The number of amides is 1. The van der Waals surface area contributed by atoms with Crippen molar-refractivity contribution >= 4 is 27.0 Å². The number of fused-ring (bicyclic) bond motifs is 1. The summed E-state index contributed by atoms with van der Waals surface area (Å²) in [5, 5.41) is 7.88. The normalized spacial score (nSPS) is 18.3. The Morgan fingerprint density at radius 1 is 1.32 bits per heavy atom. The molecule has 1 amide bonds. The summed E-state index contributed by atoms with van der Waals surface area (Å²) in [6, 6.07) is 4.65. The van der Waals surface area contributed by atoms with Gasteiger partial charge in [0.1, 0.15) is 11.0 Å². The summed E-state index contributed by atoms with van der Waals surface area (Å²) >= 11 is 0. The second kappa shape index (κ2) is 8.44. The lowest BCUT2D eigenvalue weighted by molar-refractivity contribution is -0.136. The maximum atomic E-state index is 13.0. The van der Waals surface area contributed by atoms with Gasteiger partial charge in [-0.25, -0.2) is 8.42 Å². The molecule has 9 nitrogen and oxygen atoms in total. The number of hydrogen-bond acceptors (Lipinski definition) is 6. The predicted octanol–water partition coefficient (Wildman–Crippen LogP) is 1.15. The summed E-state index contributed by atoms with van der Waals surface area (Å²) in [7, 11) is -3.60. The highest BCUT2D eigenvalue weighted by Crippen LogP contribution is 2.25. The van der Waals surface area contributed by atoms with E-state index >= 15 is 0 Å². The fraction of sp³-hybridized carbons (Fsp3) is 0.611. The van der Waals surface area contributed by atoms with Crippen LogP contribution in [-0.4, -0.2) is 71.5 Å². The van der Waals surface area contributed by atoms with Gasteiger partial charge in [0, 0.05) is 26.2 Å². The van der Waals surface area contributed by atoms with E-state index in [9.17, 15) is 13.2 Å². The lowest BCUT2D eigenvalue weighted by Gasteiger charge is -2.30. The van der Waals surface area contributed by atoms with E-state index in [-0.39, 0.29) is 17.4 Å². The number of rotatable bonds is 7. The van der Waals surface area contributed by atoms with Crippen molar-refractivity contribution in [1.29, 1.82) is 0 Å². The topological polar surface area (TPSA) is 97.6 Å². The number of piperidine rings is 1. The monoisotopic (exact) mass is 409 g/mol. The molecule has 0 N–H and O–H groups in total. The molecule has 0 spiro atoms. The van der Waals surface area contributed by atoms with Crippen molar-refractivity contribution in [3.63, 3.8) is 0 Å². The number of sulfonamides is 1. The predicted molar refractivity (Wildman–Crippen MR) is 104 cm³/mol. The maximum absolute atomic E-state index is 13.0. The van der Waals surface area contributed by atoms with Gasteiger partial charge in [0.25, 0.3) is 5.91 Å². The molecule has 1 aliphatic rings. The highest BCUT2D eigenvalue weighted by atomic mass is 32.2. The molecule has 1 aromatic carbocycles. The third kappa shape index (κ3) is 4.12. The van der Waals surface area contributed by atoms with Gasteiger partial charge in [-0.2, -0.15) is 4.31 Å². The minimum Gasteiger partial charge on any atom is -0.385 e. The molecule has 1 aromatic heterocycles. The molecule has 1 saturated heterocycles. The fourth-order valence-corrected chi connectivity index (χ4v) is 5.05. The largest absolute Gasteiger partial charge is 0.385 e. The Morgan fingerprint density at radius 2 is 2.07 bits per heavy atom. The number of hydrogen-bond donors (Lipinski definition) is 0. The van der Waals surface area contributed by atoms with Crippen molar-refractivity contribution in [3.8, 4) is 0 Å². The number of aromatic nitrogens is 3. The Kier molecular flexibility index (Phi) is 6.19. The van der Waals surface area contributed by atoms with Crippen molar-refractivity contribution in [1.82, 2.24) is 24.4 Å². The van der Waals surface area contributed by atoms with Gasteiger partial charge >= 0.3 is 0 Å². The van der Waals surface area contributed by atoms with Gasteiger partial charge < -0.3 is 9.74 Å². The average Bonchev–Trinajstić information content (AvgIpc) is 3.09. The van der Waals surface area contributed by atoms with E-state index < -0.39 is 10.0 Å². The molecule has 1 aliphatic heterocycles. The first-order valence-corrected chi connectivity index (χ1v) is 11.1. The van der Waals surface area contributed by atoms with E-state index in [0.29, 0.717) is 43.1 Å². The lowest BCUT2D eigenvalue weighted by atomic mass is 10.0. The van der Waals surface area contributed by atoms with E-state index in [2.05, 4.69) is 17.2 Å². The van der Waals surface area contributed by atoms with Crippen molar-refractivity contribution in [2.75, 3.05) is 32.8 Å². The summed E-state index contributed by atoms with van der Waals surface area (Å²) in [4.78, 5) is 20.6. The van der Waals surface area contributed by atoms with Gasteiger partial charge in [0.15, 0.2) is 6.61 Å². The SMILES string of the molecule is CCN(CC)C(=O)COn1nnc2ccc(S(=O)(=O)N3CCC[C@H](C)C3)cc21. The molecule has 0 radical (unpaired) electrons. The highest BCUT2D eigenvalue weighted by Gasteiger charge is 2.29. The molecule has 0 aliphatic carbocycles. The van der Waals surface area contributed by atoms with Crippen LogP contribution in [0.5, 0.6) is 0 Å².